The smallest absolute Gasteiger partial charge is 0.0681 e. The monoisotopic (exact) mass is 239 g/mol. The van der Waals surface area contributed by atoms with Crippen molar-refractivity contribution in [2.75, 3.05) is 11.9 Å². The minimum absolute atomic E-state index is 0.00440. The van der Waals surface area contributed by atoms with Crippen LogP contribution in [0.2, 0.25) is 0 Å². The molecule has 0 saturated heterocycles. The molecule has 2 rings (SSSR count). The number of hydrogen-bond donors (Lipinski definition) is 2. The summed E-state index contributed by atoms with van der Waals surface area (Å²) in [5.74, 6) is 0. The van der Waals surface area contributed by atoms with Crippen LogP contribution in [0.25, 0.3) is 5.57 Å². The Labute approximate surface area is 108 Å². The maximum absolute atomic E-state index is 9.07. The van der Waals surface area contributed by atoms with E-state index < -0.39 is 0 Å². The normalized spacial score (nSPS) is 10.1. The number of aliphatic hydroxyl groups excluding tert-OH is 1. The van der Waals surface area contributed by atoms with Gasteiger partial charge in [-0.05, 0) is 34.9 Å². The molecular formula is C16H17NO. The third-order valence-corrected chi connectivity index (χ3v) is 2.80. The van der Waals surface area contributed by atoms with Gasteiger partial charge in [0.15, 0.2) is 0 Å². The van der Waals surface area contributed by atoms with Gasteiger partial charge in [-0.2, -0.15) is 0 Å². The van der Waals surface area contributed by atoms with Gasteiger partial charge in [-0.15, -0.1) is 0 Å². The lowest BCUT2D eigenvalue weighted by molar-refractivity contribution is 0.350. The minimum atomic E-state index is -0.00440. The average molecular weight is 239 g/mol. The Morgan fingerprint density at radius 2 is 1.83 bits per heavy atom. The van der Waals surface area contributed by atoms with Crippen LogP contribution in [0.15, 0.2) is 61.2 Å². The number of aliphatic hydroxyl groups is 1. The molecule has 0 unspecified atom stereocenters. The van der Waals surface area contributed by atoms with Gasteiger partial charge in [0, 0.05) is 12.2 Å². The van der Waals surface area contributed by atoms with Gasteiger partial charge in [-0.1, -0.05) is 43.0 Å². The zero-order chi connectivity index (χ0) is 12.8. The first-order valence-corrected chi connectivity index (χ1v) is 5.96. The average Bonchev–Trinajstić information content (AvgIpc) is 2.45. The summed E-state index contributed by atoms with van der Waals surface area (Å²) in [5.41, 5.74) is 4.01. The van der Waals surface area contributed by atoms with Crippen LogP contribution in [0.3, 0.4) is 0 Å². The molecule has 2 N–H and O–H groups in total. The van der Waals surface area contributed by atoms with Crippen LogP contribution in [-0.2, 0) is 6.54 Å². The molecule has 0 heterocycles. The Morgan fingerprint density at radius 3 is 2.56 bits per heavy atom. The fourth-order valence-electron chi connectivity index (χ4n) is 1.75. The van der Waals surface area contributed by atoms with Crippen LogP contribution < -0.4 is 5.32 Å². The lowest BCUT2D eigenvalue weighted by Crippen LogP contribution is -2.00. The van der Waals surface area contributed by atoms with Crippen molar-refractivity contribution in [2.24, 2.45) is 0 Å². The summed E-state index contributed by atoms with van der Waals surface area (Å²) in [6.07, 6.45) is 0. The lowest BCUT2D eigenvalue weighted by Gasteiger charge is -2.08. The van der Waals surface area contributed by atoms with Crippen molar-refractivity contribution in [3.8, 4) is 0 Å². The quantitative estimate of drug-likeness (QED) is 0.839. The topological polar surface area (TPSA) is 32.3 Å². The summed E-state index contributed by atoms with van der Waals surface area (Å²) < 4.78 is 0. The molecule has 0 saturated carbocycles. The third kappa shape index (κ3) is 3.22. The molecular weight excluding hydrogens is 222 g/mol. The molecule has 2 nitrogen and oxygen atoms in total. The molecule has 18 heavy (non-hydrogen) atoms. The van der Waals surface area contributed by atoms with Crippen molar-refractivity contribution in [3.05, 3.63) is 72.3 Å². The van der Waals surface area contributed by atoms with Crippen LogP contribution in [0.1, 0.15) is 11.1 Å². The Balaban J connectivity index is 2.04. The van der Waals surface area contributed by atoms with Gasteiger partial charge in [0.25, 0.3) is 0 Å². The largest absolute Gasteiger partial charge is 0.392 e. The predicted octanol–water partition coefficient (Wildman–Crippen LogP) is 3.30. The number of anilines is 1. The van der Waals surface area contributed by atoms with E-state index in [1.54, 1.807) is 0 Å². The van der Waals surface area contributed by atoms with E-state index >= 15 is 0 Å². The van der Waals surface area contributed by atoms with E-state index in [9.17, 15) is 0 Å². The molecule has 2 aromatic rings. The third-order valence-electron chi connectivity index (χ3n) is 2.80. The van der Waals surface area contributed by atoms with Crippen molar-refractivity contribution in [1.82, 2.24) is 0 Å². The fourth-order valence-corrected chi connectivity index (χ4v) is 1.75. The minimum Gasteiger partial charge on any atom is -0.392 e. The van der Waals surface area contributed by atoms with E-state index in [1.807, 2.05) is 42.5 Å². The molecule has 2 heteroatoms. The number of nitrogens with one attached hydrogen (secondary N) is 1. The molecule has 0 aliphatic carbocycles. The first-order valence-electron chi connectivity index (χ1n) is 5.96. The van der Waals surface area contributed by atoms with Crippen molar-refractivity contribution in [2.45, 2.75) is 6.54 Å². The summed E-state index contributed by atoms with van der Waals surface area (Å²) >= 11 is 0. The molecule has 0 fully saturated rings. The van der Waals surface area contributed by atoms with Crippen molar-refractivity contribution < 1.29 is 5.11 Å². The van der Waals surface area contributed by atoms with Gasteiger partial charge in [-0.25, -0.2) is 0 Å². The summed E-state index contributed by atoms with van der Waals surface area (Å²) in [6, 6.07) is 18.1. The molecule has 0 radical (unpaired) electrons. The van der Waals surface area contributed by atoms with Gasteiger partial charge in [0.2, 0.25) is 0 Å². The number of hydrogen-bond acceptors (Lipinski definition) is 2. The van der Waals surface area contributed by atoms with Crippen LogP contribution in [0, 0.1) is 0 Å². The van der Waals surface area contributed by atoms with Crippen molar-refractivity contribution in [1.29, 1.82) is 0 Å². The first-order chi connectivity index (χ1) is 8.79. The second-order valence-electron chi connectivity index (χ2n) is 4.18. The number of rotatable bonds is 5. The highest BCUT2D eigenvalue weighted by atomic mass is 16.3. The molecule has 0 aromatic heterocycles. The number of benzene rings is 2. The zero-order valence-electron chi connectivity index (χ0n) is 10.3. The SMILES string of the molecule is C=C(CO)c1cccc(CNc2ccccc2)c1. The van der Waals surface area contributed by atoms with Crippen LogP contribution in [-0.4, -0.2) is 11.7 Å². The second-order valence-corrected chi connectivity index (χ2v) is 4.18. The predicted molar refractivity (Wildman–Crippen MR) is 76.3 cm³/mol. The summed E-state index contributed by atoms with van der Waals surface area (Å²) in [5, 5.41) is 12.4. The van der Waals surface area contributed by atoms with Gasteiger partial charge in [0.05, 0.1) is 6.61 Å². The van der Waals surface area contributed by atoms with Gasteiger partial charge in [0.1, 0.15) is 0 Å². The Kier molecular flexibility index (Phi) is 4.15. The second kappa shape index (κ2) is 6.03. The Bertz CT molecular complexity index is 520. The van der Waals surface area contributed by atoms with E-state index in [0.29, 0.717) is 0 Å². The van der Waals surface area contributed by atoms with Crippen LogP contribution >= 0.6 is 0 Å². The molecule has 0 aliphatic heterocycles. The highest BCUT2D eigenvalue weighted by Gasteiger charge is 1.99. The summed E-state index contributed by atoms with van der Waals surface area (Å²) in [6.45, 7) is 4.59. The molecule has 0 spiro atoms. The van der Waals surface area contributed by atoms with E-state index in [2.05, 4.69) is 24.0 Å². The highest BCUT2D eigenvalue weighted by molar-refractivity contribution is 5.64. The van der Waals surface area contributed by atoms with Gasteiger partial charge < -0.3 is 10.4 Å². The Hall–Kier alpha value is -2.06. The van der Waals surface area contributed by atoms with Gasteiger partial charge >= 0.3 is 0 Å². The van der Waals surface area contributed by atoms with Crippen LogP contribution in [0.5, 0.6) is 0 Å². The summed E-state index contributed by atoms with van der Waals surface area (Å²) in [7, 11) is 0. The first kappa shape index (κ1) is 12.4. The molecule has 92 valence electrons. The van der Waals surface area contributed by atoms with E-state index in [4.69, 9.17) is 5.11 Å². The van der Waals surface area contributed by atoms with Crippen molar-refractivity contribution in [3.63, 3.8) is 0 Å². The van der Waals surface area contributed by atoms with Crippen LogP contribution in [0.4, 0.5) is 5.69 Å². The molecule has 0 aliphatic rings. The Morgan fingerprint density at radius 1 is 1.06 bits per heavy atom. The maximum Gasteiger partial charge on any atom is 0.0681 e. The van der Waals surface area contributed by atoms with Crippen molar-refractivity contribution >= 4 is 11.3 Å². The van der Waals surface area contributed by atoms with E-state index in [0.717, 1.165) is 23.4 Å². The van der Waals surface area contributed by atoms with E-state index in [1.165, 1.54) is 5.56 Å². The summed E-state index contributed by atoms with van der Waals surface area (Å²) in [4.78, 5) is 0. The standard InChI is InChI=1S/C16H17NO/c1-13(12-18)15-7-5-6-14(10-15)11-17-16-8-3-2-4-9-16/h2-10,17-18H,1,11-12H2. The molecule has 0 bridgehead atoms. The highest BCUT2D eigenvalue weighted by Crippen LogP contribution is 2.15. The number of para-hydroxylation sites is 1. The molecule has 0 atom stereocenters. The molecule has 0 amide bonds. The molecule has 2 aromatic carbocycles. The maximum atomic E-state index is 9.07. The van der Waals surface area contributed by atoms with Gasteiger partial charge in [-0.3, -0.25) is 0 Å². The fraction of sp³-hybridized carbons (Fsp3) is 0.125. The zero-order valence-corrected chi connectivity index (χ0v) is 10.3. The van der Waals surface area contributed by atoms with E-state index in [-0.39, 0.29) is 6.61 Å². The lowest BCUT2D eigenvalue weighted by atomic mass is 10.1.